The maximum Gasteiger partial charge on any atom is 0.276 e. The molecule has 0 aliphatic carbocycles. The predicted molar refractivity (Wildman–Crippen MR) is 83.8 cm³/mol. The number of pyridine rings is 1. The van der Waals surface area contributed by atoms with Gasteiger partial charge >= 0.3 is 0 Å². The van der Waals surface area contributed by atoms with E-state index >= 15 is 0 Å². The molecule has 4 rings (SSSR count). The molecule has 21 heavy (non-hydrogen) atoms. The highest BCUT2D eigenvalue weighted by Gasteiger charge is 2.44. The van der Waals surface area contributed by atoms with Gasteiger partial charge in [-0.25, -0.2) is 17.7 Å². The SMILES string of the molecule is O=S(=O)(c1sccc1Cl)N1c2ncccc2N2CCC1C2. The minimum atomic E-state index is -3.67. The maximum atomic E-state index is 13.0. The van der Waals surface area contributed by atoms with Crippen molar-refractivity contribution in [3.05, 3.63) is 34.8 Å². The summed E-state index contributed by atoms with van der Waals surface area (Å²) < 4.78 is 27.7. The van der Waals surface area contributed by atoms with Gasteiger partial charge in [0.15, 0.2) is 10.0 Å². The molecule has 0 N–H and O–H groups in total. The van der Waals surface area contributed by atoms with Crippen molar-refractivity contribution in [3.63, 3.8) is 0 Å². The van der Waals surface area contributed by atoms with Crippen LogP contribution in [0.2, 0.25) is 5.02 Å². The smallest absolute Gasteiger partial charge is 0.276 e. The van der Waals surface area contributed by atoms with Gasteiger partial charge in [-0.3, -0.25) is 0 Å². The highest BCUT2D eigenvalue weighted by Crippen LogP contribution is 2.43. The second-order valence-corrected chi connectivity index (χ2v) is 8.43. The summed E-state index contributed by atoms with van der Waals surface area (Å²) in [7, 11) is -3.67. The zero-order valence-corrected chi connectivity index (χ0v) is 13.3. The van der Waals surface area contributed by atoms with Crippen molar-refractivity contribution >= 4 is 44.5 Å². The van der Waals surface area contributed by atoms with Crippen LogP contribution in [0.1, 0.15) is 6.42 Å². The number of fused-ring (bicyclic) bond motifs is 4. The zero-order chi connectivity index (χ0) is 14.6. The Hall–Kier alpha value is -1.31. The number of hydrogen-bond donors (Lipinski definition) is 0. The summed E-state index contributed by atoms with van der Waals surface area (Å²) in [5, 5.41) is 1.97. The van der Waals surface area contributed by atoms with E-state index in [1.807, 2.05) is 12.1 Å². The lowest BCUT2D eigenvalue weighted by molar-refractivity contribution is 0.579. The Labute approximate surface area is 131 Å². The average Bonchev–Trinajstić information content (AvgIpc) is 3.07. The number of hydrogen-bond acceptors (Lipinski definition) is 5. The van der Waals surface area contributed by atoms with Crippen molar-refractivity contribution in [3.8, 4) is 0 Å². The molecule has 0 radical (unpaired) electrons. The van der Waals surface area contributed by atoms with Crippen LogP contribution in [0, 0.1) is 0 Å². The van der Waals surface area contributed by atoms with Gasteiger partial charge in [0.2, 0.25) is 0 Å². The third-order valence-electron chi connectivity index (χ3n) is 3.89. The summed E-state index contributed by atoms with van der Waals surface area (Å²) in [5.74, 6) is 0.510. The number of sulfonamides is 1. The van der Waals surface area contributed by atoms with Crippen LogP contribution in [0.3, 0.4) is 0 Å². The number of rotatable bonds is 2. The van der Waals surface area contributed by atoms with Gasteiger partial charge < -0.3 is 4.90 Å². The molecule has 4 heterocycles. The van der Waals surface area contributed by atoms with Crippen molar-refractivity contribution in [2.24, 2.45) is 0 Å². The molecule has 1 fully saturated rings. The first-order chi connectivity index (χ1) is 10.1. The van der Waals surface area contributed by atoms with E-state index in [1.165, 1.54) is 4.31 Å². The molecule has 2 aliphatic heterocycles. The van der Waals surface area contributed by atoms with Crippen LogP contribution < -0.4 is 9.21 Å². The summed E-state index contributed by atoms with van der Waals surface area (Å²) in [6.45, 7) is 1.56. The lowest BCUT2D eigenvalue weighted by Gasteiger charge is -2.35. The van der Waals surface area contributed by atoms with Crippen LogP contribution in [-0.2, 0) is 10.0 Å². The summed E-state index contributed by atoms with van der Waals surface area (Å²) in [5.41, 5.74) is 0.877. The summed E-state index contributed by atoms with van der Waals surface area (Å²) in [4.78, 5) is 6.50. The molecule has 110 valence electrons. The Morgan fingerprint density at radius 3 is 3.00 bits per heavy atom. The van der Waals surface area contributed by atoms with Gasteiger partial charge in [0.05, 0.1) is 16.8 Å². The van der Waals surface area contributed by atoms with Crippen molar-refractivity contribution in [2.75, 3.05) is 22.3 Å². The van der Waals surface area contributed by atoms with Crippen LogP contribution in [0.15, 0.2) is 34.0 Å². The first kappa shape index (κ1) is 13.4. The van der Waals surface area contributed by atoms with Gasteiger partial charge in [-0.05, 0) is 30.0 Å². The standard InChI is InChI=1S/C13H12ClN3O2S2/c14-10-4-7-20-13(10)21(18,19)17-9-3-6-16(8-9)11-2-1-5-15-12(11)17/h1-2,4-5,7,9H,3,6,8H2. The lowest BCUT2D eigenvalue weighted by Crippen LogP contribution is -2.46. The molecule has 1 saturated heterocycles. The van der Waals surface area contributed by atoms with Crippen LogP contribution in [0.5, 0.6) is 0 Å². The fraction of sp³-hybridized carbons (Fsp3) is 0.308. The highest BCUT2D eigenvalue weighted by atomic mass is 35.5. The lowest BCUT2D eigenvalue weighted by atomic mass is 10.2. The Morgan fingerprint density at radius 1 is 1.38 bits per heavy atom. The molecule has 0 spiro atoms. The molecule has 0 saturated carbocycles. The van der Waals surface area contributed by atoms with Crippen LogP contribution >= 0.6 is 22.9 Å². The first-order valence-corrected chi connectivity index (χ1v) is 9.26. The molecule has 2 aromatic heterocycles. The number of aromatic nitrogens is 1. The van der Waals surface area contributed by atoms with Gasteiger partial charge in [-0.1, -0.05) is 11.6 Å². The van der Waals surface area contributed by atoms with E-state index in [0.717, 1.165) is 30.0 Å². The van der Waals surface area contributed by atoms with Crippen LogP contribution in [0.4, 0.5) is 11.5 Å². The van der Waals surface area contributed by atoms with E-state index in [0.29, 0.717) is 12.4 Å². The topological polar surface area (TPSA) is 53.5 Å². The Bertz CT molecular complexity index is 805. The van der Waals surface area contributed by atoms with Crippen LogP contribution in [0.25, 0.3) is 0 Å². The Kier molecular flexibility index (Phi) is 2.92. The van der Waals surface area contributed by atoms with E-state index in [9.17, 15) is 8.42 Å². The van der Waals surface area contributed by atoms with Gasteiger partial charge in [-0.2, -0.15) is 0 Å². The zero-order valence-electron chi connectivity index (χ0n) is 10.9. The van der Waals surface area contributed by atoms with Crippen molar-refractivity contribution in [2.45, 2.75) is 16.7 Å². The van der Waals surface area contributed by atoms with Crippen molar-refractivity contribution in [1.29, 1.82) is 0 Å². The number of halogens is 1. The fourth-order valence-electron chi connectivity index (χ4n) is 2.99. The average molecular weight is 342 g/mol. The van der Waals surface area contributed by atoms with Gasteiger partial charge in [0, 0.05) is 19.3 Å². The van der Waals surface area contributed by atoms with Gasteiger partial charge in [0.1, 0.15) is 0 Å². The molecule has 5 nitrogen and oxygen atoms in total. The molecule has 0 amide bonds. The Morgan fingerprint density at radius 2 is 2.24 bits per heavy atom. The molecule has 0 aromatic carbocycles. The summed E-state index contributed by atoms with van der Waals surface area (Å²) >= 11 is 7.19. The summed E-state index contributed by atoms with van der Waals surface area (Å²) in [6, 6.07) is 5.29. The van der Waals surface area contributed by atoms with E-state index in [-0.39, 0.29) is 15.3 Å². The van der Waals surface area contributed by atoms with Crippen LogP contribution in [-0.4, -0.2) is 32.5 Å². The van der Waals surface area contributed by atoms with Crippen molar-refractivity contribution in [1.82, 2.24) is 4.98 Å². The van der Waals surface area contributed by atoms with E-state index in [4.69, 9.17) is 11.6 Å². The number of thiophene rings is 1. The second kappa shape index (κ2) is 4.59. The molecule has 1 atom stereocenters. The quantitative estimate of drug-likeness (QED) is 0.842. The molecule has 2 aliphatic rings. The van der Waals surface area contributed by atoms with E-state index < -0.39 is 10.0 Å². The normalized spacial score (nSPS) is 20.7. The third kappa shape index (κ3) is 1.88. The number of anilines is 2. The summed E-state index contributed by atoms with van der Waals surface area (Å²) in [6.07, 6.45) is 2.43. The van der Waals surface area contributed by atoms with Gasteiger partial charge in [0.25, 0.3) is 10.0 Å². The molecular formula is C13H12ClN3O2S2. The monoisotopic (exact) mass is 341 g/mol. The third-order valence-corrected chi connectivity index (χ3v) is 7.73. The first-order valence-electron chi connectivity index (χ1n) is 6.56. The number of nitrogens with zero attached hydrogens (tertiary/aromatic N) is 3. The maximum absolute atomic E-state index is 13.0. The molecule has 2 aromatic rings. The van der Waals surface area contributed by atoms with Gasteiger partial charge in [-0.15, -0.1) is 11.3 Å². The molecule has 1 unspecified atom stereocenters. The molecule has 8 heteroatoms. The fourth-order valence-corrected chi connectivity index (χ4v) is 6.39. The second-order valence-electron chi connectivity index (χ2n) is 5.09. The van der Waals surface area contributed by atoms with E-state index in [2.05, 4.69) is 9.88 Å². The highest BCUT2D eigenvalue weighted by molar-refractivity contribution is 7.95. The van der Waals surface area contributed by atoms with Crippen molar-refractivity contribution < 1.29 is 8.42 Å². The predicted octanol–water partition coefficient (Wildman–Crippen LogP) is 2.58. The minimum absolute atomic E-state index is 0.0735. The molecular weight excluding hydrogens is 330 g/mol. The minimum Gasteiger partial charge on any atom is -0.366 e. The van der Waals surface area contributed by atoms with E-state index in [1.54, 1.807) is 17.6 Å². The largest absolute Gasteiger partial charge is 0.366 e. The molecule has 2 bridgehead atoms. The Balaban J connectivity index is 1.91.